The molecule has 2 aliphatic heterocycles. The standard InChI is InChI=1S/C17H25N3O3S/c1-13(21)20-8-3-4-15-5-6-16(10-17(15)20)24(22,23)19-9-7-14(12-19)11-18-2/h5-6,10,14,18H,3-4,7-9,11-12H2,1-2H3. The first-order valence-electron chi connectivity index (χ1n) is 8.49. The van der Waals surface area contributed by atoms with Crippen LogP contribution in [0.25, 0.3) is 0 Å². The summed E-state index contributed by atoms with van der Waals surface area (Å²) in [6.45, 7) is 4.12. The van der Waals surface area contributed by atoms with E-state index in [9.17, 15) is 13.2 Å². The van der Waals surface area contributed by atoms with Crippen LogP contribution in [-0.4, -0.2) is 51.9 Å². The van der Waals surface area contributed by atoms with Crippen molar-refractivity contribution in [3.63, 3.8) is 0 Å². The van der Waals surface area contributed by atoms with Crippen LogP contribution in [0.3, 0.4) is 0 Å². The Bertz CT molecular complexity index is 733. The van der Waals surface area contributed by atoms with E-state index in [-0.39, 0.29) is 5.91 Å². The number of rotatable bonds is 4. The summed E-state index contributed by atoms with van der Waals surface area (Å²) in [5, 5.41) is 3.11. The van der Waals surface area contributed by atoms with Gasteiger partial charge in [0, 0.05) is 32.2 Å². The molecule has 1 fully saturated rings. The minimum absolute atomic E-state index is 0.0410. The average molecular weight is 351 g/mol. The first-order chi connectivity index (χ1) is 11.4. The number of amides is 1. The lowest BCUT2D eigenvalue weighted by atomic mass is 10.0. The minimum Gasteiger partial charge on any atom is -0.319 e. The van der Waals surface area contributed by atoms with Gasteiger partial charge in [0.05, 0.1) is 4.90 Å². The molecule has 6 nitrogen and oxygen atoms in total. The van der Waals surface area contributed by atoms with E-state index >= 15 is 0 Å². The second-order valence-electron chi connectivity index (χ2n) is 6.64. The molecular weight excluding hydrogens is 326 g/mol. The van der Waals surface area contributed by atoms with E-state index in [2.05, 4.69) is 5.32 Å². The van der Waals surface area contributed by atoms with Crippen LogP contribution in [0.5, 0.6) is 0 Å². The molecule has 1 atom stereocenters. The average Bonchev–Trinajstić information content (AvgIpc) is 3.03. The van der Waals surface area contributed by atoms with Crippen molar-refractivity contribution in [1.29, 1.82) is 0 Å². The molecule has 0 bridgehead atoms. The van der Waals surface area contributed by atoms with Crippen LogP contribution < -0.4 is 10.2 Å². The summed E-state index contributed by atoms with van der Waals surface area (Å²) in [6.07, 6.45) is 2.68. The Hall–Kier alpha value is -1.44. The van der Waals surface area contributed by atoms with Crippen LogP contribution in [-0.2, 0) is 21.2 Å². The molecule has 0 spiro atoms. The van der Waals surface area contributed by atoms with Gasteiger partial charge in [-0.15, -0.1) is 0 Å². The Morgan fingerprint density at radius 2 is 2.12 bits per heavy atom. The Balaban J connectivity index is 1.89. The third kappa shape index (κ3) is 3.20. The second kappa shape index (κ2) is 6.82. The number of nitrogens with zero attached hydrogens (tertiary/aromatic N) is 2. The zero-order chi connectivity index (χ0) is 17.3. The lowest BCUT2D eigenvalue weighted by Crippen LogP contribution is -2.34. The molecule has 1 N–H and O–H groups in total. The molecule has 1 amide bonds. The first kappa shape index (κ1) is 17.4. The largest absolute Gasteiger partial charge is 0.319 e. The molecule has 1 aromatic carbocycles. The number of anilines is 1. The molecule has 1 saturated heterocycles. The fraction of sp³-hybridized carbons (Fsp3) is 0.588. The number of hydrogen-bond acceptors (Lipinski definition) is 4. The third-order valence-electron chi connectivity index (χ3n) is 4.93. The van der Waals surface area contributed by atoms with Gasteiger partial charge >= 0.3 is 0 Å². The Morgan fingerprint density at radius 1 is 1.33 bits per heavy atom. The minimum atomic E-state index is -3.50. The van der Waals surface area contributed by atoms with Crippen molar-refractivity contribution in [2.24, 2.45) is 5.92 Å². The monoisotopic (exact) mass is 351 g/mol. The van der Waals surface area contributed by atoms with Crippen molar-refractivity contribution in [3.8, 4) is 0 Å². The van der Waals surface area contributed by atoms with Crippen molar-refractivity contribution in [1.82, 2.24) is 9.62 Å². The van der Waals surface area contributed by atoms with E-state index in [1.54, 1.807) is 21.3 Å². The number of nitrogens with one attached hydrogen (secondary N) is 1. The van der Waals surface area contributed by atoms with Crippen molar-refractivity contribution in [3.05, 3.63) is 23.8 Å². The quantitative estimate of drug-likeness (QED) is 0.885. The fourth-order valence-corrected chi connectivity index (χ4v) is 5.21. The number of carbonyl (C=O) groups excluding carboxylic acids is 1. The van der Waals surface area contributed by atoms with Gasteiger partial charge in [-0.25, -0.2) is 8.42 Å². The summed E-state index contributed by atoms with van der Waals surface area (Å²) in [5.74, 6) is 0.317. The number of benzene rings is 1. The maximum absolute atomic E-state index is 12.9. The fourth-order valence-electron chi connectivity index (χ4n) is 3.66. The molecule has 0 saturated carbocycles. The Morgan fingerprint density at radius 3 is 2.83 bits per heavy atom. The molecule has 7 heteroatoms. The highest BCUT2D eigenvalue weighted by Crippen LogP contribution is 2.32. The van der Waals surface area contributed by atoms with Crippen molar-refractivity contribution in [2.75, 3.05) is 38.1 Å². The molecular formula is C17H25N3O3S. The molecule has 132 valence electrons. The van der Waals surface area contributed by atoms with E-state index in [1.165, 1.54) is 6.92 Å². The van der Waals surface area contributed by atoms with Gasteiger partial charge in [0.2, 0.25) is 15.9 Å². The lowest BCUT2D eigenvalue weighted by Gasteiger charge is -2.29. The van der Waals surface area contributed by atoms with Crippen molar-refractivity contribution < 1.29 is 13.2 Å². The van der Waals surface area contributed by atoms with Crippen molar-refractivity contribution >= 4 is 21.6 Å². The maximum atomic E-state index is 12.9. The van der Waals surface area contributed by atoms with Gasteiger partial charge in [0.25, 0.3) is 0 Å². The predicted molar refractivity (Wildman–Crippen MR) is 93.6 cm³/mol. The predicted octanol–water partition coefficient (Wildman–Crippen LogP) is 1.22. The molecule has 2 heterocycles. The van der Waals surface area contributed by atoms with Gasteiger partial charge in [-0.2, -0.15) is 4.31 Å². The highest BCUT2D eigenvalue weighted by Gasteiger charge is 2.33. The van der Waals surface area contributed by atoms with Crippen molar-refractivity contribution in [2.45, 2.75) is 31.1 Å². The van der Waals surface area contributed by atoms with Gasteiger partial charge < -0.3 is 10.2 Å². The molecule has 0 aromatic heterocycles. The number of aryl methyl sites for hydroxylation is 1. The van der Waals surface area contributed by atoms with E-state index < -0.39 is 10.0 Å². The van der Waals surface area contributed by atoms with Crippen LogP contribution in [0.1, 0.15) is 25.3 Å². The SMILES string of the molecule is CNCC1CCN(S(=O)(=O)c2ccc3c(c2)N(C(C)=O)CCC3)C1. The Kier molecular flexibility index (Phi) is 4.94. The van der Waals surface area contributed by atoms with E-state index in [0.29, 0.717) is 30.4 Å². The topological polar surface area (TPSA) is 69.7 Å². The number of carbonyl (C=O) groups is 1. The van der Waals surface area contributed by atoms with E-state index in [1.807, 2.05) is 13.1 Å². The van der Waals surface area contributed by atoms with Gasteiger partial charge in [-0.05, 0) is 56.5 Å². The summed E-state index contributed by atoms with van der Waals surface area (Å²) < 4.78 is 27.5. The highest BCUT2D eigenvalue weighted by atomic mass is 32.2. The Labute approximate surface area is 143 Å². The molecule has 0 radical (unpaired) electrons. The molecule has 1 unspecified atom stereocenters. The number of sulfonamides is 1. The normalized spacial score (nSPS) is 21.8. The van der Waals surface area contributed by atoms with E-state index in [4.69, 9.17) is 0 Å². The van der Waals surface area contributed by atoms with Gasteiger partial charge in [0.15, 0.2) is 0 Å². The summed E-state index contributed by atoms with van der Waals surface area (Å²) in [4.78, 5) is 13.8. The number of hydrogen-bond donors (Lipinski definition) is 1. The zero-order valence-corrected chi connectivity index (χ0v) is 15.1. The van der Waals surface area contributed by atoms with Crippen LogP contribution in [0.2, 0.25) is 0 Å². The van der Waals surface area contributed by atoms with E-state index in [0.717, 1.165) is 37.1 Å². The summed E-state index contributed by atoms with van der Waals surface area (Å²) in [6, 6.07) is 5.22. The number of fused-ring (bicyclic) bond motifs is 1. The lowest BCUT2D eigenvalue weighted by molar-refractivity contribution is -0.116. The second-order valence-corrected chi connectivity index (χ2v) is 8.58. The maximum Gasteiger partial charge on any atom is 0.243 e. The summed E-state index contributed by atoms with van der Waals surface area (Å²) >= 11 is 0. The third-order valence-corrected chi connectivity index (χ3v) is 6.80. The highest BCUT2D eigenvalue weighted by molar-refractivity contribution is 7.89. The zero-order valence-electron chi connectivity index (χ0n) is 14.3. The summed E-state index contributed by atoms with van der Waals surface area (Å²) in [7, 11) is -1.62. The van der Waals surface area contributed by atoms with Gasteiger partial charge in [-0.3, -0.25) is 4.79 Å². The van der Waals surface area contributed by atoms with Gasteiger partial charge in [0.1, 0.15) is 0 Å². The first-order valence-corrected chi connectivity index (χ1v) is 9.93. The molecule has 24 heavy (non-hydrogen) atoms. The smallest absolute Gasteiger partial charge is 0.243 e. The molecule has 2 aliphatic rings. The summed E-state index contributed by atoms with van der Waals surface area (Å²) in [5.41, 5.74) is 1.80. The van der Waals surface area contributed by atoms with Crippen LogP contribution in [0, 0.1) is 5.92 Å². The van der Waals surface area contributed by atoms with Crippen LogP contribution in [0.4, 0.5) is 5.69 Å². The van der Waals surface area contributed by atoms with Crippen LogP contribution >= 0.6 is 0 Å². The van der Waals surface area contributed by atoms with Gasteiger partial charge in [-0.1, -0.05) is 6.07 Å². The molecule has 0 aliphatic carbocycles. The molecule has 3 rings (SSSR count). The van der Waals surface area contributed by atoms with Crippen LogP contribution in [0.15, 0.2) is 23.1 Å². The molecule has 1 aromatic rings.